The van der Waals surface area contributed by atoms with Crippen LogP contribution in [0.1, 0.15) is 12.8 Å². The highest BCUT2D eigenvalue weighted by Crippen LogP contribution is 2.31. The summed E-state index contributed by atoms with van der Waals surface area (Å²) in [4.78, 5) is 13.3. The number of anilines is 1. The van der Waals surface area contributed by atoms with Gasteiger partial charge in [-0.3, -0.25) is 4.79 Å². The number of nitrogens with one attached hydrogen (secondary N) is 1. The van der Waals surface area contributed by atoms with E-state index in [0.717, 1.165) is 0 Å². The number of carbonyl (C=O) groups excluding carboxylic acids is 1. The van der Waals surface area contributed by atoms with Crippen molar-refractivity contribution in [2.45, 2.75) is 22.6 Å². The highest BCUT2D eigenvalue weighted by Gasteiger charge is 2.34. The first-order chi connectivity index (χ1) is 17.1. The van der Waals surface area contributed by atoms with Crippen LogP contribution in [0.4, 0.5) is 5.69 Å². The molecule has 4 rings (SSSR count). The summed E-state index contributed by atoms with van der Waals surface area (Å²) < 4.78 is 65.5. The van der Waals surface area contributed by atoms with Gasteiger partial charge in [0.25, 0.3) is 0 Å². The Labute approximate surface area is 216 Å². The molecule has 36 heavy (non-hydrogen) atoms. The lowest BCUT2D eigenvalue weighted by Gasteiger charge is -2.31. The van der Waals surface area contributed by atoms with E-state index in [0.29, 0.717) is 43.4 Å². The molecule has 2 aliphatic heterocycles. The maximum atomic E-state index is 13.2. The van der Waals surface area contributed by atoms with Gasteiger partial charge in [0.05, 0.1) is 41.7 Å². The van der Waals surface area contributed by atoms with E-state index < -0.39 is 31.9 Å². The molecule has 1 amide bonds. The standard InChI is InChI=1S/C23H28ClN3O7S2/c1-33-22-9-8-20(36(31,32)26-11-13-34-14-12-26)15-21(22)25-23(28)17-3-2-10-27(16-17)35(29,30)19-6-4-18(24)5-7-19/h4-9,15,17H,2-3,10-14,16H2,1H3,(H,25,28)/t17-/m1/s1. The summed E-state index contributed by atoms with van der Waals surface area (Å²) in [5, 5.41) is 3.18. The number of amides is 1. The third-order valence-corrected chi connectivity index (χ3v) is 10.3. The fraction of sp³-hybridized carbons (Fsp3) is 0.435. The van der Waals surface area contributed by atoms with E-state index in [1.807, 2.05) is 0 Å². The Hall–Kier alpha value is -2.22. The molecule has 2 aromatic carbocycles. The second-order valence-corrected chi connectivity index (χ2v) is 12.8. The predicted octanol–water partition coefficient (Wildman–Crippen LogP) is 2.41. The van der Waals surface area contributed by atoms with E-state index in [4.69, 9.17) is 21.1 Å². The van der Waals surface area contributed by atoms with Gasteiger partial charge in [-0.25, -0.2) is 16.8 Å². The molecule has 13 heteroatoms. The molecule has 2 aliphatic rings. The van der Waals surface area contributed by atoms with E-state index in [9.17, 15) is 21.6 Å². The summed E-state index contributed by atoms with van der Waals surface area (Å²) in [5.74, 6) is -0.735. The van der Waals surface area contributed by atoms with Gasteiger partial charge in [-0.05, 0) is 55.3 Å². The average Bonchev–Trinajstić information content (AvgIpc) is 2.89. The monoisotopic (exact) mass is 557 g/mol. The smallest absolute Gasteiger partial charge is 0.243 e. The lowest BCUT2D eigenvalue weighted by atomic mass is 9.98. The molecule has 0 unspecified atom stereocenters. The second-order valence-electron chi connectivity index (χ2n) is 8.52. The average molecular weight is 558 g/mol. The molecule has 0 saturated carbocycles. The van der Waals surface area contributed by atoms with Crippen molar-refractivity contribution in [1.82, 2.24) is 8.61 Å². The van der Waals surface area contributed by atoms with Crippen molar-refractivity contribution in [2.24, 2.45) is 5.92 Å². The summed E-state index contributed by atoms with van der Waals surface area (Å²) in [6, 6.07) is 10.2. The van der Waals surface area contributed by atoms with E-state index in [-0.39, 0.29) is 35.1 Å². The highest BCUT2D eigenvalue weighted by atomic mass is 35.5. The van der Waals surface area contributed by atoms with Crippen LogP contribution in [-0.2, 0) is 29.6 Å². The number of halogens is 1. The van der Waals surface area contributed by atoms with E-state index >= 15 is 0 Å². The third-order valence-electron chi connectivity index (χ3n) is 6.24. The molecule has 0 radical (unpaired) electrons. The van der Waals surface area contributed by atoms with Crippen LogP contribution in [0.2, 0.25) is 5.02 Å². The van der Waals surface area contributed by atoms with Crippen LogP contribution in [0.5, 0.6) is 5.75 Å². The van der Waals surface area contributed by atoms with Crippen molar-refractivity contribution in [3.63, 3.8) is 0 Å². The molecular formula is C23H28ClN3O7S2. The predicted molar refractivity (Wildman–Crippen MR) is 134 cm³/mol. The molecule has 0 bridgehead atoms. The Bertz CT molecular complexity index is 1310. The van der Waals surface area contributed by atoms with Gasteiger partial charge >= 0.3 is 0 Å². The number of piperidine rings is 1. The van der Waals surface area contributed by atoms with Gasteiger partial charge in [-0.1, -0.05) is 11.6 Å². The zero-order valence-corrected chi connectivity index (χ0v) is 22.1. The molecule has 2 aromatic rings. The van der Waals surface area contributed by atoms with Crippen molar-refractivity contribution in [2.75, 3.05) is 51.8 Å². The number of carbonyl (C=O) groups is 1. The molecule has 2 saturated heterocycles. The Morgan fingerprint density at radius 2 is 1.61 bits per heavy atom. The van der Waals surface area contributed by atoms with E-state index in [1.165, 1.54) is 58.2 Å². The lowest BCUT2D eigenvalue weighted by Crippen LogP contribution is -2.43. The van der Waals surface area contributed by atoms with Crippen LogP contribution in [0.15, 0.2) is 52.3 Å². The number of sulfonamides is 2. The lowest BCUT2D eigenvalue weighted by molar-refractivity contribution is -0.120. The minimum Gasteiger partial charge on any atom is -0.495 e. The van der Waals surface area contributed by atoms with Gasteiger partial charge in [0, 0.05) is 31.2 Å². The van der Waals surface area contributed by atoms with Crippen LogP contribution in [0.25, 0.3) is 0 Å². The van der Waals surface area contributed by atoms with Crippen molar-refractivity contribution in [3.05, 3.63) is 47.5 Å². The molecule has 0 aromatic heterocycles. The van der Waals surface area contributed by atoms with Gasteiger partial charge in [-0.2, -0.15) is 8.61 Å². The first-order valence-electron chi connectivity index (χ1n) is 11.5. The van der Waals surface area contributed by atoms with Crippen molar-refractivity contribution in [1.29, 1.82) is 0 Å². The Morgan fingerprint density at radius 1 is 0.972 bits per heavy atom. The third kappa shape index (κ3) is 5.68. The van der Waals surface area contributed by atoms with Crippen molar-refractivity contribution < 1.29 is 31.1 Å². The zero-order valence-electron chi connectivity index (χ0n) is 19.7. The maximum absolute atomic E-state index is 13.2. The second kappa shape index (κ2) is 11.0. The summed E-state index contributed by atoms with van der Waals surface area (Å²) in [5.41, 5.74) is 0.203. The van der Waals surface area contributed by atoms with E-state index in [2.05, 4.69) is 5.32 Å². The molecule has 10 nitrogen and oxygen atoms in total. The van der Waals surface area contributed by atoms with Crippen molar-refractivity contribution in [3.8, 4) is 5.75 Å². The number of rotatable bonds is 7. The van der Waals surface area contributed by atoms with Gasteiger partial charge in [0.15, 0.2) is 0 Å². The largest absolute Gasteiger partial charge is 0.495 e. The molecule has 0 aliphatic carbocycles. The number of ether oxygens (including phenoxy) is 2. The van der Waals surface area contributed by atoms with Crippen LogP contribution in [0.3, 0.4) is 0 Å². The minimum absolute atomic E-state index is 0.00484. The molecule has 1 atom stereocenters. The van der Waals surface area contributed by atoms with Crippen LogP contribution >= 0.6 is 11.6 Å². The van der Waals surface area contributed by atoms with Gasteiger partial charge < -0.3 is 14.8 Å². The fourth-order valence-electron chi connectivity index (χ4n) is 4.25. The van der Waals surface area contributed by atoms with Gasteiger partial charge in [0.2, 0.25) is 26.0 Å². The molecule has 2 fully saturated rings. The topological polar surface area (TPSA) is 122 Å². The van der Waals surface area contributed by atoms with E-state index in [1.54, 1.807) is 0 Å². The molecule has 2 heterocycles. The maximum Gasteiger partial charge on any atom is 0.243 e. The summed E-state index contributed by atoms with van der Waals surface area (Å²) in [6.45, 7) is 1.43. The number of morpholine rings is 1. The van der Waals surface area contributed by atoms with Gasteiger partial charge in [0.1, 0.15) is 5.75 Å². The Morgan fingerprint density at radius 3 is 2.28 bits per heavy atom. The summed E-state index contributed by atoms with van der Waals surface area (Å²) >= 11 is 5.88. The van der Waals surface area contributed by atoms with Gasteiger partial charge in [-0.15, -0.1) is 0 Å². The quantitative estimate of drug-likeness (QED) is 0.554. The number of hydrogen-bond acceptors (Lipinski definition) is 7. The zero-order chi connectivity index (χ0) is 25.9. The molecular weight excluding hydrogens is 530 g/mol. The van der Waals surface area contributed by atoms with Crippen LogP contribution in [0, 0.1) is 5.92 Å². The van der Waals surface area contributed by atoms with Crippen LogP contribution < -0.4 is 10.1 Å². The molecule has 0 spiro atoms. The first kappa shape index (κ1) is 26.8. The Kier molecular flexibility index (Phi) is 8.22. The SMILES string of the molecule is COc1ccc(S(=O)(=O)N2CCOCC2)cc1NC(=O)[C@@H]1CCCN(S(=O)(=O)c2ccc(Cl)cc2)C1. The first-order valence-corrected chi connectivity index (χ1v) is 14.7. The number of nitrogens with zero attached hydrogens (tertiary/aromatic N) is 2. The minimum atomic E-state index is -3.79. The number of methoxy groups -OCH3 is 1. The van der Waals surface area contributed by atoms with Crippen molar-refractivity contribution >= 4 is 43.2 Å². The molecule has 196 valence electrons. The summed E-state index contributed by atoms with van der Waals surface area (Å²) in [6.07, 6.45) is 1.00. The Balaban J connectivity index is 1.52. The number of benzene rings is 2. The highest BCUT2D eigenvalue weighted by molar-refractivity contribution is 7.89. The fourth-order valence-corrected chi connectivity index (χ4v) is 7.33. The normalized spacial score (nSPS) is 20.1. The molecule has 1 N–H and O–H groups in total. The van der Waals surface area contributed by atoms with Crippen LogP contribution in [-0.4, -0.2) is 77.9 Å². The summed E-state index contributed by atoms with van der Waals surface area (Å²) in [7, 11) is -6.16. The number of hydrogen-bond donors (Lipinski definition) is 1.